The van der Waals surface area contributed by atoms with E-state index in [0.717, 1.165) is 12.3 Å². The zero-order chi connectivity index (χ0) is 22.3. The van der Waals surface area contributed by atoms with Crippen molar-refractivity contribution in [2.24, 2.45) is 0 Å². The number of halogens is 3. The lowest BCUT2D eigenvalue weighted by Gasteiger charge is -2.29. The van der Waals surface area contributed by atoms with Gasteiger partial charge in [0.05, 0.1) is 37.7 Å². The maximum absolute atomic E-state index is 13.8. The normalized spacial score (nSPS) is 24.0. The molecular formula is C20H23F3N6O3. The smallest absolute Gasteiger partial charge is 0.384 e. The van der Waals surface area contributed by atoms with E-state index in [4.69, 9.17) is 19.9 Å². The maximum Gasteiger partial charge on any atom is 0.417 e. The second-order valence-electron chi connectivity index (χ2n) is 7.89. The lowest BCUT2D eigenvalue weighted by molar-refractivity contribution is -0.137. The molecule has 2 aromatic rings. The van der Waals surface area contributed by atoms with Gasteiger partial charge in [0.2, 0.25) is 5.95 Å². The van der Waals surface area contributed by atoms with E-state index in [1.165, 1.54) is 0 Å². The third-order valence-corrected chi connectivity index (χ3v) is 5.79. The number of alkyl halides is 3. The molecule has 0 aromatic carbocycles. The predicted molar refractivity (Wildman–Crippen MR) is 109 cm³/mol. The molecular weight excluding hydrogens is 429 g/mol. The number of hydrogen-bond acceptors (Lipinski definition) is 9. The second-order valence-corrected chi connectivity index (χ2v) is 7.89. The minimum Gasteiger partial charge on any atom is -0.384 e. The van der Waals surface area contributed by atoms with Gasteiger partial charge in [-0.2, -0.15) is 18.2 Å². The van der Waals surface area contributed by atoms with Crippen molar-refractivity contribution in [3.8, 4) is 11.3 Å². The molecule has 0 aliphatic carbocycles. The van der Waals surface area contributed by atoms with Crippen LogP contribution in [0.3, 0.4) is 0 Å². The van der Waals surface area contributed by atoms with Crippen molar-refractivity contribution in [1.82, 2.24) is 15.0 Å². The van der Waals surface area contributed by atoms with Crippen molar-refractivity contribution >= 4 is 17.6 Å². The SMILES string of the molecule is Nc1cc(C(F)(F)F)c(-c2cc(N3CCOCC3)nc(N3C[C@@H]4OCCO[C@H]4C3)n2)cn1. The van der Waals surface area contributed by atoms with Crippen LogP contribution < -0.4 is 15.5 Å². The number of rotatable bonds is 3. The van der Waals surface area contributed by atoms with Gasteiger partial charge in [-0.1, -0.05) is 0 Å². The van der Waals surface area contributed by atoms with Crippen molar-refractivity contribution in [1.29, 1.82) is 0 Å². The van der Waals surface area contributed by atoms with Crippen LogP contribution in [0.25, 0.3) is 11.3 Å². The summed E-state index contributed by atoms with van der Waals surface area (Å²) in [6.45, 7) is 4.23. The first kappa shape index (κ1) is 21.2. The van der Waals surface area contributed by atoms with Crippen molar-refractivity contribution < 1.29 is 27.4 Å². The Balaban J connectivity index is 1.58. The lowest BCUT2D eigenvalue weighted by atomic mass is 10.1. The molecule has 0 spiro atoms. The van der Waals surface area contributed by atoms with Gasteiger partial charge in [-0.15, -0.1) is 0 Å². The Morgan fingerprint density at radius 3 is 2.28 bits per heavy atom. The topological polar surface area (TPSA) is 98.9 Å². The van der Waals surface area contributed by atoms with Gasteiger partial charge >= 0.3 is 6.18 Å². The fourth-order valence-corrected chi connectivity index (χ4v) is 4.19. The van der Waals surface area contributed by atoms with Crippen LogP contribution >= 0.6 is 0 Å². The van der Waals surface area contributed by atoms with Crippen LogP contribution in [0.5, 0.6) is 0 Å². The monoisotopic (exact) mass is 452 g/mol. The van der Waals surface area contributed by atoms with Crippen molar-refractivity contribution in [3.05, 3.63) is 23.9 Å². The molecule has 3 aliphatic heterocycles. The zero-order valence-corrected chi connectivity index (χ0v) is 17.2. The molecule has 2 atom stereocenters. The molecule has 9 nitrogen and oxygen atoms in total. The molecule has 0 amide bonds. The van der Waals surface area contributed by atoms with Gasteiger partial charge in [-0.3, -0.25) is 0 Å². The van der Waals surface area contributed by atoms with Crippen molar-refractivity contribution in [2.45, 2.75) is 18.4 Å². The summed E-state index contributed by atoms with van der Waals surface area (Å²) in [6, 6.07) is 2.39. The number of aromatic nitrogens is 3. The van der Waals surface area contributed by atoms with Crippen molar-refractivity contribution in [2.75, 3.05) is 68.1 Å². The summed E-state index contributed by atoms with van der Waals surface area (Å²) in [5, 5.41) is 0. The van der Waals surface area contributed by atoms with Crippen LogP contribution in [0.4, 0.5) is 30.8 Å². The quantitative estimate of drug-likeness (QED) is 0.744. The van der Waals surface area contributed by atoms with Gasteiger partial charge < -0.3 is 29.7 Å². The molecule has 2 aromatic heterocycles. The summed E-state index contributed by atoms with van der Waals surface area (Å²) in [4.78, 5) is 16.9. The molecule has 0 radical (unpaired) electrons. The van der Waals surface area contributed by atoms with Gasteiger partial charge in [-0.05, 0) is 6.07 Å². The average molecular weight is 452 g/mol. The lowest BCUT2D eigenvalue weighted by Crippen LogP contribution is -2.37. The Morgan fingerprint density at radius 1 is 0.938 bits per heavy atom. The molecule has 0 unspecified atom stereocenters. The summed E-state index contributed by atoms with van der Waals surface area (Å²) < 4.78 is 58.3. The summed E-state index contributed by atoms with van der Waals surface area (Å²) in [5.41, 5.74) is 4.65. The molecule has 0 saturated carbocycles. The van der Waals surface area contributed by atoms with Gasteiger partial charge in [0.1, 0.15) is 23.8 Å². The molecule has 12 heteroatoms. The van der Waals surface area contributed by atoms with Crippen LogP contribution in [-0.4, -0.2) is 79.8 Å². The van der Waals surface area contributed by atoms with Crippen LogP contribution in [0.15, 0.2) is 18.3 Å². The fourth-order valence-electron chi connectivity index (χ4n) is 4.19. The van der Waals surface area contributed by atoms with E-state index < -0.39 is 11.7 Å². The molecule has 2 N–H and O–H groups in total. The zero-order valence-electron chi connectivity index (χ0n) is 17.2. The number of hydrogen-bond donors (Lipinski definition) is 1. The maximum atomic E-state index is 13.8. The molecule has 172 valence electrons. The number of pyridine rings is 1. The molecule has 5 rings (SSSR count). The Morgan fingerprint density at radius 2 is 1.62 bits per heavy atom. The van der Waals surface area contributed by atoms with Gasteiger partial charge in [0.25, 0.3) is 0 Å². The van der Waals surface area contributed by atoms with Crippen molar-refractivity contribution in [3.63, 3.8) is 0 Å². The summed E-state index contributed by atoms with van der Waals surface area (Å²) in [5.74, 6) is 0.659. The highest BCUT2D eigenvalue weighted by Gasteiger charge is 2.39. The molecule has 5 heterocycles. The Labute approximate surface area is 182 Å². The van der Waals surface area contributed by atoms with Crippen LogP contribution in [0.1, 0.15) is 5.56 Å². The second kappa shape index (κ2) is 8.34. The first-order valence-electron chi connectivity index (χ1n) is 10.4. The van der Waals surface area contributed by atoms with E-state index in [9.17, 15) is 13.2 Å². The minimum atomic E-state index is -4.61. The first-order valence-corrected chi connectivity index (χ1v) is 10.4. The highest BCUT2D eigenvalue weighted by Crippen LogP contribution is 2.38. The first-order chi connectivity index (χ1) is 15.4. The highest BCUT2D eigenvalue weighted by atomic mass is 19.4. The number of nitrogen functional groups attached to an aromatic ring is 1. The summed E-state index contributed by atoms with van der Waals surface area (Å²) >= 11 is 0. The van der Waals surface area contributed by atoms with Crippen LogP contribution in [0, 0.1) is 0 Å². The Hall–Kier alpha value is -2.70. The predicted octanol–water partition coefficient (Wildman–Crippen LogP) is 1.58. The molecule has 3 saturated heterocycles. The van der Waals surface area contributed by atoms with E-state index in [-0.39, 0.29) is 29.3 Å². The average Bonchev–Trinajstić information content (AvgIpc) is 3.23. The Kier molecular flexibility index (Phi) is 5.51. The van der Waals surface area contributed by atoms with E-state index in [1.807, 2.05) is 9.80 Å². The largest absolute Gasteiger partial charge is 0.417 e. The van der Waals surface area contributed by atoms with Gasteiger partial charge in [0.15, 0.2) is 0 Å². The number of nitrogens with zero attached hydrogens (tertiary/aromatic N) is 5. The number of ether oxygens (including phenoxy) is 3. The minimum absolute atomic E-state index is 0.119. The van der Waals surface area contributed by atoms with Gasteiger partial charge in [-0.25, -0.2) is 9.97 Å². The molecule has 0 bridgehead atoms. The molecule has 32 heavy (non-hydrogen) atoms. The van der Waals surface area contributed by atoms with E-state index >= 15 is 0 Å². The fraction of sp³-hybridized carbons (Fsp3) is 0.550. The third kappa shape index (κ3) is 4.17. The van der Waals surface area contributed by atoms with Crippen LogP contribution in [0.2, 0.25) is 0 Å². The standard InChI is InChI=1S/C20H23F3N6O3/c21-20(22,23)13-7-17(24)25-9-12(13)14-8-18(28-1-3-30-4-2-28)27-19(26-14)29-10-15-16(11-29)32-6-5-31-15/h7-9,15-16H,1-6,10-11H2,(H2,24,25)/t15-,16-/m0/s1. The third-order valence-electron chi connectivity index (χ3n) is 5.79. The Bertz CT molecular complexity index is 972. The number of nitrogens with two attached hydrogens (primary N) is 1. The molecule has 3 fully saturated rings. The van der Waals surface area contributed by atoms with E-state index in [1.54, 1.807) is 6.07 Å². The molecule has 3 aliphatic rings. The van der Waals surface area contributed by atoms with E-state index in [2.05, 4.69) is 15.0 Å². The summed E-state index contributed by atoms with van der Waals surface area (Å²) in [6.07, 6.45) is -3.73. The number of anilines is 3. The highest BCUT2D eigenvalue weighted by molar-refractivity contribution is 5.69. The van der Waals surface area contributed by atoms with Crippen LogP contribution in [-0.2, 0) is 20.4 Å². The summed E-state index contributed by atoms with van der Waals surface area (Å²) in [7, 11) is 0. The number of morpholine rings is 1. The van der Waals surface area contributed by atoms with E-state index in [0.29, 0.717) is 64.4 Å². The number of fused-ring (bicyclic) bond motifs is 1. The van der Waals surface area contributed by atoms with Gasteiger partial charge in [0, 0.05) is 44.0 Å².